The van der Waals surface area contributed by atoms with Gasteiger partial charge in [-0.05, 0) is 70.1 Å². The second-order valence-electron chi connectivity index (χ2n) is 8.68. The standard InChI is InChI=1S/C10H15N.C9H9ClO.C7H16.C3H6O/c1-4-9(10-5-6-10)7-11-8(2)3;1-2-9(11)7-4-3-5-8(10)6-7;1-4-6-7(3)5-2;1-3(2)4/h4,7,10H,1,5-6H2,2-3H3;3-6H,2H2,1H3;7H,4-6H2,1-3H3;1-2H3/b9-7+;;;. The molecule has 0 aliphatic heterocycles. The van der Waals surface area contributed by atoms with E-state index in [1.807, 2.05) is 33.0 Å². The number of allylic oxidation sites excluding steroid dienone is 2. The van der Waals surface area contributed by atoms with Gasteiger partial charge >= 0.3 is 0 Å². The van der Waals surface area contributed by atoms with Gasteiger partial charge in [-0.15, -0.1) is 0 Å². The van der Waals surface area contributed by atoms with Gasteiger partial charge in [0.2, 0.25) is 0 Å². The van der Waals surface area contributed by atoms with E-state index in [1.165, 1.54) is 51.5 Å². The summed E-state index contributed by atoms with van der Waals surface area (Å²) in [5.41, 5.74) is 3.09. The van der Waals surface area contributed by atoms with Crippen molar-refractivity contribution in [2.45, 2.75) is 93.9 Å². The minimum atomic E-state index is 0.132. The van der Waals surface area contributed by atoms with Crippen LogP contribution in [0.25, 0.3) is 0 Å². The van der Waals surface area contributed by atoms with Crippen molar-refractivity contribution in [1.29, 1.82) is 0 Å². The van der Waals surface area contributed by atoms with Crippen LogP contribution in [0, 0.1) is 11.8 Å². The number of hydrogen-bond donors (Lipinski definition) is 0. The van der Waals surface area contributed by atoms with Gasteiger partial charge in [0.15, 0.2) is 5.78 Å². The molecule has 33 heavy (non-hydrogen) atoms. The van der Waals surface area contributed by atoms with E-state index >= 15 is 0 Å². The lowest BCUT2D eigenvalue weighted by atomic mass is 10.0. The fraction of sp³-hybridized carbons (Fsp3) is 0.552. The van der Waals surface area contributed by atoms with Gasteiger partial charge in [-0.2, -0.15) is 0 Å². The molecule has 186 valence electrons. The SMILES string of the molecule is C=C/C(=C\N=C(C)C)C1CC1.CC(C)=O.CCC(=O)c1cccc(Cl)c1.CCCC(C)CC. The van der Waals surface area contributed by atoms with E-state index < -0.39 is 0 Å². The van der Waals surface area contributed by atoms with Crippen LogP contribution >= 0.6 is 11.6 Å². The van der Waals surface area contributed by atoms with Crippen molar-refractivity contribution in [2.75, 3.05) is 0 Å². The second kappa shape index (κ2) is 20.6. The van der Waals surface area contributed by atoms with Gasteiger partial charge < -0.3 is 4.79 Å². The van der Waals surface area contributed by atoms with Gasteiger partial charge in [0.05, 0.1) is 0 Å². The summed E-state index contributed by atoms with van der Waals surface area (Å²) in [6.07, 6.45) is 11.1. The van der Waals surface area contributed by atoms with Gasteiger partial charge in [-0.1, -0.05) is 83.3 Å². The summed E-state index contributed by atoms with van der Waals surface area (Å²) in [4.78, 5) is 24.8. The Labute approximate surface area is 208 Å². The summed E-state index contributed by atoms with van der Waals surface area (Å²) in [6.45, 7) is 19.5. The van der Waals surface area contributed by atoms with Gasteiger partial charge in [-0.25, -0.2) is 0 Å². The van der Waals surface area contributed by atoms with Crippen molar-refractivity contribution in [3.8, 4) is 0 Å². The number of rotatable bonds is 8. The van der Waals surface area contributed by atoms with Crippen LogP contribution in [0.5, 0.6) is 0 Å². The first-order valence-corrected chi connectivity index (χ1v) is 12.5. The third kappa shape index (κ3) is 21.6. The molecule has 4 heteroatoms. The van der Waals surface area contributed by atoms with Crippen molar-refractivity contribution >= 4 is 28.9 Å². The van der Waals surface area contributed by atoms with Crippen LogP contribution in [0.2, 0.25) is 5.02 Å². The van der Waals surface area contributed by atoms with Gasteiger partial charge in [0.25, 0.3) is 0 Å². The molecular weight excluding hydrogens is 430 g/mol. The maximum atomic E-state index is 11.1. The molecular formula is C29H46ClNO2. The molecule has 1 aromatic carbocycles. The van der Waals surface area contributed by atoms with Crippen LogP contribution in [0.15, 0.2) is 53.7 Å². The first-order chi connectivity index (χ1) is 15.5. The minimum Gasteiger partial charge on any atom is -0.300 e. The molecule has 0 heterocycles. The molecule has 0 spiro atoms. The van der Waals surface area contributed by atoms with Gasteiger partial charge in [0.1, 0.15) is 5.78 Å². The van der Waals surface area contributed by atoms with Crippen LogP contribution in [-0.4, -0.2) is 17.3 Å². The fourth-order valence-electron chi connectivity index (χ4n) is 2.51. The van der Waals surface area contributed by atoms with Crippen LogP contribution in [-0.2, 0) is 4.79 Å². The number of carbonyl (C=O) groups excluding carboxylic acids is 2. The summed E-state index contributed by atoms with van der Waals surface area (Å²) in [6, 6.07) is 7.00. The Morgan fingerprint density at radius 3 is 2.06 bits per heavy atom. The average molecular weight is 476 g/mol. The Morgan fingerprint density at radius 1 is 1.15 bits per heavy atom. The third-order valence-electron chi connectivity index (χ3n) is 4.70. The number of Topliss-reactive ketones (excluding diaryl/α,β-unsaturated/α-hetero) is 2. The number of nitrogens with zero attached hydrogens (tertiary/aromatic N) is 1. The van der Waals surface area contributed by atoms with E-state index in [0.717, 1.165) is 17.5 Å². The van der Waals surface area contributed by atoms with E-state index in [0.29, 0.717) is 17.0 Å². The maximum absolute atomic E-state index is 11.1. The molecule has 0 aromatic heterocycles. The molecule has 0 saturated heterocycles. The van der Waals surface area contributed by atoms with Crippen LogP contribution < -0.4 is 0 Å². The van der Waals surface area contributed by atoms with Crippen molar-refractivity contribution in [3.63, 3.8) is 0 Å². The summed E-state index contributed by atoms with van der Waals surface area (Å²) < 4.78 is 0. The first kappa shape index (κ1) is 33.2. The number of carbonyl (C=O) groups is 2. The van der Waals surface area contributed by atoms with Crippen molar-refractivity contribution in [3.05, 3.63) is 59.3 Å². The van der Waals surface area contributed by atoms with Crippen molar-refractivity contribution in [1.82, 2.24) is 0 Å². The predicted octanol–water partition coefficient (Wildman–Crippen LogP) is 9.31. The topological polar surface area (TPSA) is 46.5 Å². The highest BCUT2D eigenvalue weighted by atomic mass is 35.5. The van der Waals surface area contributed by atoms with Crippen LogP contribution in [0.1, 0.15) is 104 Å². The van der Waals surface area contributed by atoms with Crippen molar-refractivity contribution < 1.29 is 9.59 Å². The highest BCUT2D eigenvalue weighted by Gasteiger charge is 2.23. The largest absolute Gasteiger partial charge is 0.300 e. The summed E-state index contributed by atoms with van der Waals surface area (Å²) in [7, 11) is 0. The number of benzene rings is 1. The summed E-state index contributed by atoms with van der Waals surface area (Å²) in [5, 5.41) is 0.615. The van der Waals surface area contributed by atoms with Crippen molar-refractivity contribution in [2.24, 2.45) is 16.8 Å². The molecule has 0 radical (unpaired) electrons. The van der Waals surface area contributed by atoms with Gasteiger partial charge in [0, 0.05) is 28.9 Å². The number of aliphatic imine (C=N–C) groups is 1. The lowest BCUT2D eigenvalue weighted by Crippen LogP contribution is -1.94. The zero-order valence-electron chi connectivity index (χ0n) is 22.2. The molecule has 1 unspecified atom stereocenters. The summed E-state index contributed by atoms with van der Waals surface area (Å²) >= 11 is 5.69. The molecule has 0 amide bonds. The predicted molar refractivity (Wildman–Crippen MR) is 147 cm³/mol. The Bertz CT molecular complexity index is 753. The smallest absolute Gasteiger partial charge is 0.162 e. The molecule has 1 aliphatic carbocycles. The molecule has 1 atom stereocenters. The van der Waals surface area contributed by atoms with E-state index in [2.05, 4.69) is 32.3 Å². The molecule has 1 fully saturated rings. The van der Waals surface area contributed by atoms with Gasteiger partial charge in [-0.3, -0.25) is 9.79 Å². The molecule has 2 rings (SSSR count). The average Bonchev–Trinajstić information content (AvgIpc) is 3.59. The lowest BCUT2D eigenvalue weighted by Gasteiger charge is -2.02. The Morgan fingerprint density at radius 2 is 1.73 bits per heavy atom. The summed E-state index contributed by atoms with van der Waals surface area (Å²) in [5.74, 6) is 2.01. The zero-order valence-corrected chi connectivity index (χ0v) is 23.0. The van der Waals surface area contributed by atoms with E-state index in [4.69, 9.17) is 11.6 Å². The molecule has 1 aliphatic rings. The quantitative estimate of drug-likeness (QED) is 0.213. The van der Waals surface area contributed by atoms with E-state index in [1.54, 1.807) is 24.3 Å². The van der Waals surface area contributed by atoms with Crippen LogP contribution in [0.4, 0.5) is 0 Å². The number of ketones is 2. The molecule has 0 N–H and O–H groups in total. The monoisotopic (exact) mass is 475 g/mol. The number of halogens is 1. The molecule has 1 saturated carbocycles. The normalized spacial score (nSPS) is 12.9. The zero-order chi connectivity index (χ0) is 25.8. The Kier molecular flexibility index (Phi) is 20.7. The maximum Gasteiger partial charge on any atom is 0.162 e. The lowest BCUT2D eigenvalue weighted by molar-refractivity contribution is -0.115. The first-order valence-electron chi connectivity index (χ1n) is 12.1. The third-order valence-corrected chi connectivity index (χ3v) is 4.94. The second-order valence-corrected chi connectivity index (χ2v) is 9.12. The molecule has 1 aromatic rings. The minimum absolute atomic E-state index is 0.132. The number of hydrogen-bond acceptors (Lipinski definition) is 3. The Hall–Kier alpha value is -2.00. The fourth-order valence-corrected chi connectivity index (χ4v) is 2.70. The highest BCUT2D eigenvalue weighted by Crippen LogP contribution is 2.36. The molecule has 3 nitrogen and oxygen atoms in total. The molecule has 0 bridgehead atoms. The van der Waals surface area contributed by atoms with E-state index in [9.17, 15) is 9.59 Å². The Balaban J connectivity index is 0. The highest BCUT2D eigenvalue weighted by molar-refractivity contribution is 6.31. The van der Waals surface area contributed by atoms with Crippen LogP contribution in [0.3, 0.4) is 0 Å². The van der Waals surface area contributed by atoms with E-state index in [-0.39, 0.29) is 11.6 Å².